The van der Waals surface area contributed by atoms with Crippen molar-refractivity contribution in [1.29, 1.82) is 0 Å². The average Bonchev–Trinajstić information content (AvgIpc) is 2.00. The second-order valence-electron chi connectivity index (χ2n) is 1.48. The van der Waals surface area contributed by atoms with E-state index in [1.807, 2.05) is 0 Å². The van der Waals surface area contributed by atoms with Crippen LogP contribution in [0.1, 0.15) is 0 Å². The summed E-state index contributed by atoms with van der Waals surface area (Å²) in [6.07, 6.45) is 0. The van der Waals surface area contributed by atoms with Crippen LogP contribution < -0.4 is 0 Å². The highest BCUT2D eigenvalue weighted by molar-refractivity contribution is 9.10. The number of hydrogen-bond donors (Lipinski definition) is 1. The predicted octanol–water partition coefficient (Wildman–Crippen LogP) is 2.96. The zero-order valence-electron chi connectivity index (χ0n) is 5.55. The Morgan fingerprint density at radius 1 is 1.10 bits per heavy atom. The van der Waals surface area contributed by atoms with E-state index >= 15 is 0 Å². The summed E-state index contributed by atoms with van der Waals surface area (Å²) in [5, 5.41) is 8.74. The molecule has 0 atom stereocenters. The lowest BCUT2D eigenvalue weighted by atomic mass is 10.3. The van der Waals surface area contributed by atoms with Crippen molar-refractivity contribution in [3.05, 3.63) is 41.9 Å². The Hall–Kier alpha value is -0.760. The lowest BCUT2D eigenvalue weighted by Gasteiger charge is -1.87. The first-order valence-corrected chi connectivity index (χ1v) is 3.53. The molecule has 0 radical (unpaired) electrons. The van der Waals surface area contributed by atoms with Gasteiger partial charge < -0.3 is 5.11 Å². The van der Waals surface area contributed by atoms with Crippen LogP contribution in [-0.2, 0) is 0 Å². The molecule has 1 aromatic carbocycles. The highest BCUT2D eigenvalue weighted by Crippen LogP contribution is 2.13. The standard InChI is InChI=1S/C6H5BrO.C2H4/c7-5-1-3-6(8)4-2-5;1-2/h1-4,8H;1-2H2. The monoisotopic (exact) mass is 200 g/mol. The molecule has 0 bridgehead atoms. The van der Waals surface area contributed by atoms with E-state index in [0.29, 0.717) is 5.75 Å². The topological polar surface area (TPSA) is 20.2 Å². The molecule has 0 saturated carbocycles. The summed E-state index contributed by atoms with van der Waals surface area (Å²) in [6, 6.07) is 6.83. The van der Waals surface area contributed by atoms with Crippen LogP contribution in [0.5, 0.6) is 5.75 Å². The third kappa shape index (κ3) is 3.30. The molecule has 0 fully saturated rings. The largest absolute Gasteiger partial charge is 0.508 e. The van der Waals surface area contributed by atoms with Crippen molar-refractivity contribution in [2.45, 2.75) is 0 Å². The van der Waals surface area contributed by atoms with Crippen LogP contribution in [0.3, 0.4) is 0 Å². The Balaban J connectivity index is 0.000000371. The molecule has 0 aromatic heterocycles. The first kappa shape index (κ1) is 9.24. The van der Waals surface area contributed by atoms with Gasteiger partial charge in [-0.25, -0.2) is 0 Å². The lowest BCUT2D eigenvalue weighted by molar-refractivity contribution is 0.475. The van der Waals surface area contributed by atoms with Crippen LogP contribution in [-0.4, -0.2) is 5.11 Å². The summed E-state index contributed by atoms with van der Waals surface area (Å²) in [7, 11) is 0. The van der Waals surface area contributed by atoms with Crippen LogP contribution in [0.15, 0.2) is 41.9 Å². The van der Waals surface area contributed by atoms with Crippen LogP contribution in [0.2, 0.25) is 0 Å². The molecule has 0 heterocycles. The SMILES string of the molecule is C=C.Oc1ccc(Br)cc1. The molecule has 0 unspecified atom stereocenters. The van der Waals surface area contributed by atoms with Crippen LogP contribution in [0, 0.1) is 0 Å². The van der Waals surface area contributed by atoms with Gasteiger partial charge in [0, 0.05) is 4.47 Å². The molecule has 1 rings (SSSR count). The van der Waals surface area contributed by atoms with Crippen molar-refractivity contribution in [2.75, 3.05) is 0 Å². The highest BCUT2D eigenvalue weighted by atomic mass is 79.9. The van der Waals surface area contributed by atoms with E-state index in [1.54, 1.807) is 24.3 Å². The van der Waals surface area contributed by atoms with Gasteiger partial charge >= 0.3 is 0 Å². The fourth-order valence-corrected chi connectivity index (χ4v) is 0.705. The lowest BCUT2D eigenvalue weighted by Crippen LogP contribution is -1.61. The Kier molecular flexibility index (Phi) is 4.67. The van der Waals surface area contributed by atoms with E-state index in [1.165, 1.54) is 0 Å². The molecule has 1 N–H and O–H groups in total. The Morgan fingerprint density at radius 2 is 1.50 bits per heavy atom. The second-order valence-corrected chi connectivity index (χ2v) is 2.39. The quantitative estimate of drug-likeness (QED) is 0.639. The minimum absolute atomic E-state index is 0.299. The number of halogens is 1. The molecule has 0 amide bonds. The van der Waals surface area contributed by atoms with Crippen LogP contribution >= 0.6 is 15.9 Å². The van der Waals surface area contributed by atoms with E-state index < -0.39 is 0 Å². The third-order valence-corrected chi connectivity index (χ3v) is 1.36. The third-order valence-electron chi connectivity index (χ3n) is 0.827. The Morgan fingerprint density at radius 3 is 1.80 bits per heavy atom. The maximum Gasteiger partial charge on any atom is 0.115 e. The van der Waals surface area contributed by atoms with Gasteiger partial charge in [0.2, 0.25) is 0 Å². The summed E-state index contributed by atoms with van der Waals surface area (Å²) in [6.45, 7) is 6.00. The van der Waals surface area contributed by atoms with Gasteiger partial charge in [0.05, 0.1) is 0 Å². The smallest absolute Gasteiger partial charge is 0.115 e. The van der Waals surface area contributed by atoms with Crippen molar-refractivity contribution in [3.8, 4) is 5.75 Å². The van der Waals surface area contributed by atoms with Gasteiger partial charge in [-0.3, -0.25) is 0 Å². The van der Waals surface area contributed by atoms with E-state index in [4.69, 9.17) is 5.11 Å². The van der Waals surface area contributed by atoms with Crippen molar-refractivity contribution in [2.24, 2.45) is 0 Å². The van der Waals surface area contributed by atoms with Crippen molar-refractivity contribution < 1.29 is 5.11 Å². The van der Waals surface area contributed by atoms with Crippen molar-refractivity contribution in [3.63, 3.8) is 0 Å². The molecule has 2 heteroatoms. The van der Waals surface area contributed by atoms with Gasteiger partial charge in [-0.15, -0.1) is 13.2 Å². The molecule has 54 valence electrons. The molecule has 0 aliphatic rings. The molecule has 0 saturated heterocycles. The minimum Gasteiger partial charge on any atom is -0.508 e. The number of hydrogen-bond acceptors (Lipinski definition) is 1. The predicted molar refractivity (Wildman–Crippen MR) is 47.1 cm³/mol. The van der Waals surface area contributed by atoms with Crippen molar-refractivity contribution in [1.82, 2.24) is 0 Å². The number of benzene rings is 1. The summed E-state index contributed by atoms with van der Waals surface area (Å²) in [4.78, 5) is 0. The van der Waals surface area contributed by atoms with Crippen LogP contribution in [0.25, 0.3) is 0 Å². The molecule has 10 heavy (non-hydrogen) atoms. The zero-order chi connectivity index (χ0) is 7.98. The minimum atomic E-state index is 0.299. The van der Waals surface area contributed by atoms with Gasteiger partial charge in [0.1, 0.15) is 5.75 Å². The van der Waals surface area contributed by atoms with Crippen LogP contribution in [0.4, 0.5) is 0 Å². The summed E-state index contributed by atoms with van der Waals surface area (Å²) in [5.41, 5.74) is 0. The molecule has 1 aromatic rings. The van der Waals surface area contributed by atoms with Gasteiger partial charge in [-0.05, 0) is 24.3 Å². The number of phenolic OH excluding ortho intramolecular Hbond substituents is 1. The second kappa shape index (κ2) is 5.06. The van der Waals surface area contributed by atoms with Gasteiger partial charge in [0.15, 0.2) is 0 Å². The molecule has 0 spiro atoms. The van der Waals surface area contributed by atoms with Gasteiger partial charge in [0.25, 0.3) is 0 Å². The zero-order valence-corrected chi connectivity index (χ0v) is 7.13. The average molecular weight is 201 g/mol. The number of rotatable bonds is 0. The normalized spacial score (nSPS) is 7.70. The summed E-state index contributed by atoms with van der Waals surface area (Å²) >= 11 is 3.23. The Bertz CT molecular complexity index is 160. The van der Waals surface area contributed by atoms with E-state index in [2.05, 4.69) is 29.1 Å². The summed E-state index contributed by atoms with van der Waals surface area (Å²) in [5.74, 6) is 0.299. The van der Waals surface area contributed by atoms with E-state index in [0.717, 1.165) is 4.47 Å². The first-order valence-electron chi connectivity index (χ1n) is 2.73. The highest BCUT2D eigenvalue weighted by Gasteiger charge is 1.83. The fraction of sp³-hybridized carbons (Fsp3) is 0. The molecule has 1 nitrogen and oxygen atoms in total. The number of phenols is 1. The maximum atomic E-state index is 8.74. The fourth-order valence-electron chi connectivity index (χ4n) is 0.441. The molecule has 0 aliphatic carbocycles. The summed E-state index contributed by atoms with van der Waals surface area (Å²) < 4.78 is 0.982. The van der Waals surface area contributed by atoms with E-state index in [-0.39, 0.29) is 0 Å². The molecular formula is C8H9BrO. The Labute approximate surface area is 69.1 Å². The van der Waals surface area contributed by atoms with Crippen molar-refractivity contribution >= 4 is 15.9 Å². The van der Waals surface area contributed by atoms with E-state index in [9.17, 15) is 0 Å². The number of aromatic hydroxyl groups is 1. The maximum absolute atomic E-state index is 8.74. The molecule has 0 aliphatic heterocycles. The van der Waals surface area contributed by atoms with Gasteiger partial charge in [-0.2, -0.15) is 0 Å². The molecular weight excluding hydrogens is 192 g/mol. The van der Waals surface area contributed by atoms with Gasteiger partial charge in [-0.1, -0.05) is 15.9 Å². The first-order chi connectivity index (χ1) is 4.79.